The van der Waals surface area contributed by atoms with Crippen LogP contribution in [0.25, 0.3) is 11.0 Å². The van der Waals surface area contributed by atoms with Gasteiger partial charge >= 0.3 is 0 Å². The SMILES string of the molecule is CN(CCNc1ncnc2nc(N)ccc12)c1ccccc1. The molecule has 0 atom stereocenters. The van der Waals surface area contributed by atoms with Crippen LogP contribution < -0.4 is 16.0 Å². The molecule has 22 heavy (non-hydrogen) atoms. The van der Waals surface area contributed by atoms with Crippen molar-refractivity contribution in [3.63, 3.8) is 0 Å². The fourth-order valence-electron chi connectivity index (χ4n) is 2.25. The molecule has 0 aliphatic heterocycles. The number of fused-ring (bicyclic) bond motifs is 1. The van der Waals surface area contributed by atoms with Crippen LogP contribution in [0.15, 0.2) is 48.8 Å². The largest absolute Gasteiger partial charge is 0.384 e. The molecule has 0 aliphatic carbocycles. The number of aromatic nitrogens is 3. The van der Waals surface area contributed by atoms with E-state index in [1.54, 1.807) is 6.07 Å². The second-order valence-corrected chi connectivity index (χ2v) is 5.01. The smallest absolute Gasteiger partial charge is 0.166 e. The lowest BCUT2D eigenvalue weighted by Gasteiger charge is -2.19. The van der Waals surface area contributed by atoms with Crippen molar-refractivity contribution in [1.82, 2.24) is 15.0 Å². The highest BCUT2D eigenvalue weighted by Crippen LogP contribution is 2.18. The molecule has 2 aromatic heterocycles. The Labute approximate surface area is 129 Å². The number of pyridine rings is 1. The monoisotopic (exact) mass is 294 g/mol. The maximum Gasteiger partial charge on any atom is 0.166 e. The molecule has 2 heterocycles. The van der Waals surface area contributed by atoms with Gasteiger partial charge in [0.1, 0.15) is 18.0 Å². The first kappa shape index (κ1) is 14.1. The van der Waals surface area contributed by atoms with Crippen molar-refractivity contribution in [3.05, 3.63) is 48.8 Å². The Morgan fingerprint density at radius 3 is 2.73 bits per heavy atom. The molecular weight excluding hydrogens is 276 g/mol. The highest BCUT2D eigenvalue weighted by Gasteiger charge is 2.05. The van der Waals surface area contributed by atoms with Crippen molar-refractivity contribution < 1.29 is 0 Å². The van der Waals surface area contributed by atoms with E-state index >= 15 is 0 Å². The van der Waals surface area contributed by atoms with E-state index in [2.05, 4.69) is 44.3 Å². The summed E-state index contributed by atoms with van der Waals surface area (Å²) in [5.41, 5.74) is 7.47. The summed E-state index contributed by atoms with van der Waals surface area (Å²) < 4.78 is 0. The topological polar surface area (TPSA) is 80.0 Å². The first-order chi connectivity index (χ1) is 10.7. The summed E-state index contributed by atoms with van der Waals surface area (Å²) in [6.45, 7) is 1.62. The Balaban J connectivity index is 1.67. The summed E-state index contributed by atoms with van der Waals surface area (Å²) in [5, 5.41) is 4.21. The molecule has 0 spiro atoms. The summed E-state index contributed by atoms with van der Waals surface area (Å²) in [6, 6.07) is 13.9. The van der Waals surface area contributed by atoms with Gasteiger partial charge in [-0.2, -0.15) is 0 Å². The molecule has 0 radical (unpaired) electrons. The second-order valence-electron chi connectivity index (χ2n) is 5.01. The van der Waals surface area contributed by atoms with Gasteiger partial charge in [0.15, 0.2) is 5.65 Å². The van der Waals surface area contributed by atoms with Gasteiger partial charge in [0, 0.05) is 25.8 Å². The number of nitrogen functional groups attached to an aromatic ring is 1. The Morgan fingerprint density at radius 2 is 1.91 bits per heavy atom. The van der Waals surface area contributed by atoms with Gasteiger partial charge in [-0.25, -0.2) is 15.0 Å². The van der Waals surface area contributed by atoms with Crippen LogP contribution in [0.3, 0.4) is 0 Å². The van der Waals surface area contributed by atoms with Crippen LogP contribution in [-0.2, 0) is 0 Å². The van der Waals surface area contributed by atoms with E-state index in [4.69, 9.17) is 5.73 Å². The van der Waals surface area contributed by atoms with Gasteiger partial charge in [0.25, 0.3) is 0 Å². The first-order valence-corrected chi connectivity index (χ1v) is 7.11. The van der Waals surface area contributed by atoms with Crippen molar-refractivity contribution in [3.8, 4) is 0 Å². The summed E-state index contributed by atoms with van der Waals surface area (Å²) >= 11 is 0. The molecule has 0 fully saturated rings. The number of nitrogens with zero attached hydrogens (tertiary/aromatic N) is 4. The van der Waals surface area contributed by atoms with Crippen LogP contribution in [0.5, 0.6) is 0 Å². The number of nitrogens with two attached hydrogens (primary N) is 1. The number of rotatable bonds is 5. The lowest BCUT2D eigenvalue weighted by atomic mass is 10.3. The van der Waals surface area contributed by atoms with Gasteiger partial charge in [-0.15, -0.1) is 0 Å². The Morgan fingerprint density at radius 1 is 1.09 bits per heavy atom. The van der Waals surface area contributed by atoms with Crippen molar-refractivity contribution in [1.29, 1.82) is 0 Å². The normalized spacial score (nSPS) is 10.6. The summed E-state index contributed by atoms with van der Waals surface area (Å²) in [6.07, 6.45) is 1.50. The molecule has 0 saturated carbocycles. The highest BCUT2D eigenvalue weighted by atomic mass is 15.1. The molecule has 3 aromatic rings. The number of nitrogens with one attached hydrogen (secondary N) is 1. The summed E-state index contributed by atoms with van der Waals surface area (Å²) in [4.78, 5) is 14.8. The minimum absolute atomic E-state index is 0.459. The van der Waals surface area contributed by atoms with Gasteiger partial charge in [0.05, 0.1) is 5.39 Å². The lowest BCUT2D eigenvalue weighted by Crippen LogP contribution is -2.24. The number of likely N-dealkylation sites (N-methyl/N-ethyl adjacent to an activating group) is 1. The first-order valence-electron chi connectivity index (χ1n) is 7.11. The molecule has 1 aromatic carbocycles. The molecule has 3 rings (SSSR count). The minimum atomic E-state index is 0.459. The van der Waals surface area contributed by atoms with Crippen molar-refractivity contribution in [2.45, 2.75) is 0 Å². The van der Waals surface area contributed by atoms with Crippen LogP contribution in [0.4, 0.5) is 17.3 Å². The van der Waals surface area contributed by atoms with Crippen LogP contribution in [0.1, 0.15) is 0 Å². The lowest BCUT2D eigenvalue weighted by molar-refractivity contribution is 0.910. The van der Waals surface area contributed by atoms with Crippen LogP contribution in [0, 0.1) is 0 Å². The van der Waals surface area contributed by atoms with Gasteiger partial charge in [-0.1, -0.05) is 18.2 Å². The Hall–Kier alpha value is -2.89. The fraction of sp³-hybridized carbons (Fsp3) is 0.188. The van der Waals surface area contributed by atoms with Gasteiger partial charge in [-0.05, 0) is 24.3 Å². The fourth-order valence-corrected chi connectivity index (χ4v) is 2.25. The predicted molar refractivity (Wildman–Crippen MR) is 89.9 cm³/mol. The number of hydrogen-bond acceptors (Lipinski definition) is 6. The number of anilines is 3. The molecule has 3 N–H and O–H groups in total. The second kappa shape index (κ2) is 6.26. The van der Waals surface area contributed by atoms with E-state index < -0.39 is 0 Å². The van der Waals surface area contributed by atoms with E-state index in [1.807, 2.05) is 24.3 Å². The number of benzene rings is 1. The standard InChI is InChI=1S/C16H18N6/c1-22(12-5-3-2-4-6-12)10-9-18-15-13-7-8-14(17)21-16(13)20-11-19-15/h2-8,11H,9-10H2,1H3,(H3,17,18,19,20,21). The molecule has 0 bridgehead atoms. The molecule has 0 aliphatic rings. The number of hydrogen-bond donors (Lipinski definition) is 2. The molecule has 112 valence electrons. The Bertz CT molecular complexity index is 759. The zero-order valence-electron chi connectivity index (χ0n) is 12.4. The third-order valence-corrected chi connectivity index (χ3v) is 3.46. The third-order valence-electron chi connectivity index (χ3n) is 3.46. The quantitative estimate of drug-likeness (QED) is 0.750. The van der Waals surface area contributed by atoms with Gasteiger partial charge in [0.2, 0.25) is 0 Å². The summed E-state index contributed by atoms with van der Waals surface area (Å²) in [5.74, 6) is 1.24. The van der Waals surface area contributed by atoms with Crippen molar-refractivity contribution in [2.75, 3.05) is 36.1 Å². The predicted octanol–water partition coefficient (Wildman–Crippen LogP) is 2.16. The van der Waals surface area contributed by atoms with Gasteiger partial charge in [-0.3, -0.25) is 0 Å². The maximum atomic E-state index is 5.68. The molecule has 6 heteroatoms. The average molecular weight is 294 g/mol. The van der Waals surface area contributed by atoms with Gasteiger partial charge < -0.3 is 16.0 Å². The van der Waals surface area contributed by atoms with Crippen molar-refractivity contribution in [2.24, 2.45) is 0 Å². The van der Waals surface area contributed by atoms with E-state index in [9.17, 15) is 0 Å². The molecular formula is C16H18N6. The Kier molecular flexibility index (Phi) is 4.00. The zero-order valence-corrected chi connectivity index (χ0v) is 12.4. The average Bonchev–Trinajstić information content (AvgIpc) is 2.55. The van der Waals surface area contributed by atoms with Crippen molar-refractivity contribution >= 4 is 28.4 Å². The zero-order chi connectivity index (χ0) is 15.4. The minimum Gasteiger partial charge on any atom is -0.384 e. The number of para-hydroxylation sites is 1. The summed E-state index contributed by atoms with van der Waals surface area (Å²) in [7, 11) is 2.07. The molecule has 0 saturated heterocycles. The van der Waals surface area contributed by atoms with Crippen LogP contribution >= 0.6 is 0 Å². The van der Waals surface area contributed by atoms with E-state index in [-0.39, 0.29) is 0 Å². The van der Waals surface area contributed by atoms with Crippen LogP contribution in [0.2, 0.25) is 0 Å². The van der Waals surface area contributed by atoms with Crippen LogP contribution in [-0.4, -0.2) is 35.1 Å². The highest BCUT2D eigenvalue weighted by molar-refractivity contribution is 5.87. The maximum absolute atomic E-state index is 5.68. The van der Waals surface area contributed by atoms with E-state index in [1.165, 1.54) is 12.0 Å². The molecule has 0 unspecified atom stereocenters. The molecule has 6 nitrogen and oxygen atoms in total. The van der Waals surface area contributed by atoms with E-state index in [0.717, 1.165) is 24.3 Å². The van der Waals surface area contributed by atoms with E-state index in [0.29, 0.717) is 11.5 Å². The third kappa shape index (κ3) is 3.06. The molecule has 0 amide bonds.